The highest BCUT2D eigenvalue weighted by Crippen LogP contribution is 2.23. The number of hydrogen-bond donors (Lipinski definition) is 3. The van der Waals surface area contributed by atoms with Crippen LogP contribution in [0.2, 0.25) is 0 Å². The van der Waals surface area contributed by atoms with Gasteiger partial charge in [-0.25, -0.2) is 0 Å². The lowest BCUT2D eigenvalue weighted by atomic mass is 10.7. The van der Waals surface area contributed by atoms with Crippen LogP contribution < -0.4 is 0 Å². The lowest BCUT2D eigenvalue weighted by molar-refractivity contribution is 0.392. The van der Waals surface area contributed by atoms with E-state index in [-0.39, 0.29) is 0 Å². The Morgan fingerprint density at radius 3 is 2.00 bits per heavy atom. The normalized spacial score (nSPS) is 9.88. The summed E-state index contributed by atoms with van der Waals surface area (Å²) >= 11 is 11.8. The first-order chi connectivity index (χ1) is 3.70. The van der Waals surface area contributed by atoms with Crippen LogP contribution in [0.4, 0.5) is 0 Å². The van der Waals surface area contributed by atoms with Crippen molar-refractivity contribution < 1.29 is 4.42 Å². The second-order valence-electron chi connectivity index (χ2n) is 1.28. The Morgan fingerprint density at radius 2 is 1.88 bits per heavy atom. The van der Waals surface area contributed by atoms with Crippen molar-refractivity contribution in [1.29, 1.82) is 0 Å². The first-order valence-electron chi connectivity index (χ1n) is 1.91. The van der Waals surface area contributed by atoms with Crippen molar-refractivity contribution in [3.05, 3.63) is 6.07 Å². The minimum Gasteiger partial charge on any atom is -0.443 e. The molecule has 0 unspecified atom stereocenters. The second kappa shape index (κ2) is 2.29. The standard InChI is InChI=1S/C4H4OS3/c6-2-1-3(7)5-4(2)8/h1,6-8H. The molecule has 4 heteroatoms. The van der Waals surface area contributed by atoms with Crippen molar-refractivity contribution >= 4 is 37.9 Å². The van der Waals surface area contributed by atoms with E-state index < -0.39 is 0 Å². The Bertz CT molecular complexity index is 174. The zero-order valence-corrected chi connectivity index (χ0v) is 6.51. The Labute approximate surface area is 63.7 Å². The highest BCUT2D eigenvalue weighted by molar-refractivity contribution is 7.83. The van der Waals surface area contributed by atoms with Gasteiger partial charge in [0.1, 0.15) is 0 Å². The van der Waals surface area contributed by atoms with E-state index in [1.54, 1.807) is 6.07 Å². The van der Waals surface area contributed by atoms with Crippen LogP contribution in [0.15, 0.2) is 25.6 Å². The fraction of sp³-hybridized carbons (Fsp3) is 0. The molecule has 0 atom stereocenters. The molecule has 1 rings (SSSR count). The predicted octanol–water partition coefficient (Wildman–Crippen LogP) is 2.15. The molecule has 0 radical (unpaired) electrons. The summed E-state index contributed by atoms with van der Waals surface area (Å²) < 4.78 is 4.87. The Morgan fingerprint density at radius 1 is 1.25 bits per heavy atom. The molecule has 1 heterocycles. The average Bonchev–Trinajstić information content (AvgIpc) is 1.85. The highest BCUT2D eigenvalue weighted by atomic mass is 32.1. The van der Waals surface area contributed by atoms with Gasteiger partial charge in [-0.05, 0) is 0 Å². The molecule has 0 aliphatic rings. The molecule has 0 aliphatic heterocycles. The molecule has 44 valence electrons. The smallest absolute Gasteiger partial charge is 0.172 e. The van der Waals surface area contributed by atoms with Crippen molar-refractivity contribution in [2.45, 2.75) is 15.1 Å². The van der Waals surface area contributed by atoms with Gasteiger partial charge in [-0.15, -0.1) is 37.9 Å². The highest BCUT2D eigenvalue weighted by Gasteiger charge is 1.98. The van der Waals surface area contributed by atoms with Gasteiger partial charge >= 0.3 is 0 Å². The summed E-state index contributed by atoms with van der Waals surface area (Å²) in [6.07, 6.45) is 0. The van der Waals surface area contributed by atoms with Gasteiger partial charge in [0.05, 0.1) is 4.90 Å². The molecule has 0 aliphatic carbocycles. The maximum absolute atomic E-state index is 4.87. The first kappa shape index (κ1) is 6.45. The van der Waals surface area contributed by atoms with Gasteiger partial charge in [0, 0.05) is 6.07 Å². The molecule has 0 saturated heterocycles. The molecule has 0 amide bonds. The summed E-state index contributed by atoms with van der Waals surface area (Å²) in [6, 6.07) is 1.69. The van der Waals surface area contributed by atoms with Crippen LogP contribution in [0.5, 0.6) is 0 Å². The van der Waals surface area contributed by atoms with Gasteiger partial charge in [-0.1, -0.05) is 0 Å². The summed E-state index contributed by atoms with van der Waals surface area (Å²) in [6.45, 7) is 0. The number of rotatable bonds is 0. The van der Waals surface area contributed by atoms with Gasteiger partial charge in [0.15, 0.2) is 10.2 Å². The van der Waals surface area contributed by atoms with E-state index in [0.717, 1.165) is 4.90 Å². The van der Waals surface area contributed by atoms with E-state index in [1.807, 2.05) is 0 Å². The minimum absolute atomic E-state index is 0.512. The maximum atomic E-state index is 4.87. The van der Waals surface area contributed by atoms with Crippen molar-refractivity contribution in [3.63, 3.8) is 0 Å². The van der Waals surface area contributed by atoms with E-state index >= 15 is 0 Å². The quantitative estimate of drug-likeness (QED) is 0.499. The molecule has 8 heavy (non-hydrogen) atoms. The summed E-state index contributed by atoms with van der Waals surface area (Å²) in [5.41, 5.74) is 0. The SMILES string of the molecule is Sc1cc(S)c(S)o1. The van der Waals surface area contributed by atoms with Gasteiger partial charge in [0.25, 0.3) is 0 Å². The molecule has 0 N–H and O–H groups in total. The zero-order valence-electron chi connectivity index (χ0n) is 3.83. The third-order valence-electron chi connectivity index (χ3n) is 0.681. The van der Waals surface area contributed by atoms with Crippen LogP contribution in [-0.4, -0.2) is 0 Å². The minimum atomic E-state index is 0.512. The molecule has 0 bridgehead atoms. The molecule has 0 spiro atoms. The first-order valence-corrected chi connectivity index (χ1v) is 3.25. The fourth-order valence-corrected chi connectivity index (χ4v) is 1.08. The Kier molecular flexibility index (Phi) is 1.84. The average molecular weight is 164 g/mol. The summed E-state index contributed by atoms with van der Waals surface area (Å²) in [5.74, 6) is 0. The summed E-state index contributed by atoms with van der Waals surface area (Å²) in [4.78, 5) is 0.721. The van der Waals surface area contributed by atoms with Gasteiger partial charge in [0.2, 0.25) is 0 Å². The van der Waals surface area contributed by atoms with E-state index in [9.17, 15) is 0 Å². The molecular formula is C4H4OS3. The van der Waals surface area contributed by atoms with Crippen LogP contribution >= 0.6 is 37.9 Å². The Balaban J connectivity index is 3.14. The van der Waals surface area contributed by atoms with E-state index in [1.165, 1.54) is 0 Å². The van der Waals surface area contributed by atoms with Crippen molar-refractivity contribution in [3.8, 4) is 0 Å². The number of hydrogen-bond acceptors (Lipinski definition) is 4. The molecule has 1 aromatic heterocycles. The van der Waals surface area contributed by atoms with Gasteiger partial charge < -0.3 is 4.42 Å². The molecule has 0 fully saturated rings. The topological polar surface area (TPSA) is 13.1 Å². The molecule has 1 aromatic rings. The molecular weight excluding hydrogens is 160 g/mol. The van der Waals surface area contributed by atoms with E-state index in [2.05, 4.69) is 37.9 Å². The Hall–Kier alpha value is 0.330. The van der Waals surface area contributed by atoms with Crippen LogP contribution in [0, 0.1) is 0 Å². The number of thiol groups is 3. The second-order valence-corrected chi connectivity index (χ2v) is 2.60. The third-order valence-corrected chi connectivity index (χ3v) is 1.74. The fourth-order valence-electron chi connectivity index (χ4n) is 0.359. The van der Waals surface area contributed by atoms with Gasteiger partial charge in [-0.2, -0.15) is 0 Å². The monoisotopic (exact) mass is 164 g/mol. The number of furan rings is 1. The van der Waals surface area contributed by atoms with Crippen LogP contribution in [0.1, 0.15) is 0 Å². The zero-order chi connectivity index (χ0) is 6.15. The molecule has 1 nitrogen and oxygen atoms in total. The van der Waals surface area contributed by atoms with E-state index in [4.69, 9.17) is 4.42 Å². The van der Waals surface area contributed by atoms with Crippen LogP contribution in [0.3, 0.4) is 0 Å². The summed E-state index contributed by atoms with van der Waals surface area (Å²) in [5, 5.41) is 1.05. The third kappa shape index (κ3) is 1.18. The van der Waals surface area contributed by atoms with Gasteiger partial charge in [-0.3, -0.25) is 0 Å². The van der Waals surface area contributed by atoms with Crippen LogP contribution in [-0.2, 0) is 0 Å². The lowest BCUT2D eigenvalue weighted by Gasteiger charge is -1.78. The lowest BCUT2D eigenvalue weighted by Crippen LogP contribution is -1.50. The van der Waals surface area contributed by atoms with Crippen LogP contribution in [0.25, 0.3) is 0 Å². The molecule has 0 saturated carbocycles. The van der Waals surface area contributed by atoms with E-state index in [0.29, 0.717) is 10.2 Å². The van der Waals surface area contributed by atoms with Crippen molar-refractivity contribution in [1.82, 2.24) is 0 Å². The predicted molar refractivity (Wildman–Crippen MR) is 40.5 cm³/mol. The molecule has 0 aromatic carbocycles. The maximum Gasteiger partial charge on any atom is 0.172 e. The largest absolute Gasteiger partial charge is 0.443 e. The summed E-state index contributed by atoms with van der Waals surface area (Å²) in [7, 11) is 0. The van der Waals surface area contributed by atoms with Crippen molar-refractivity contribution in [2.75, 3.05) is 0 Å². The van der Waals surface area contributed by atoms with Crippen molar-refractivity contribution in [2.24, 2.45) is 0 Å².